The lowest BCUT2D eigenvalue weighted by Gasteiger charge is -2.22. The van der Waals surface area contributed by atoms with E-state index in [1.165, 1.54) is 57.8 Å². The molecule has 1 aromatic heterocycles. The molecule has 0 spiro atoms. The Morgan fingerprint density at radius 1 is 0.865 bits per heavy atom. The molecule has 1 aliphatic heterocycles. The predicted molar refractivity (Wildman–Crippen MR) is 152 cm³/mol. The third-order valence-corrected chi connectivity index (χ3v) is 8.45. The number of ether oxygens (including phenoxy) is 2. The number of para-hydroxylation sites is 1. The maximum atomic E-state index is 6.32. The maximum absolute atomic E-state index is 6.32. The molecule has 3 aromatic rings. The molecular weight excluding hydrogens is 482 g/mol. The average molecular weight is 524 g/mol. The van der Waals surface area contributed by atoms with Crippen LogP contribution in [0.1, 0.15) is 76.5 Å². The fourth-order valence-electron chi connectivity index (χ4n) is 6.06. The molecule has 0 amide bonds. The summed E-state index contributed by atoms with van der Waals surface area (Å²) in [5.74, 6) is 4.37. The SMILES string of the molecule is Clc1ccc(OCc2nc3c(OCCCC4CCCCC4)cccc3n2CCCC2CCNCC2)cc1. The second kappa shape index (κ2) is 13.5. The van der Waals surface area contributed by atoms with Crippen LogP contribution in [0.4, 0.5) is 0 Å². The van der Waals surface area contributed by atoms with Gasteiger partial charge in [-0.3, -0.25) is 0 Å². The van der Waals surface area contributed by atoms with Crippen LogP contribution in [0.2, 0.25) is 5.02 Å². The molecule has 1 saturated heterocycles. The number of aromatic nitrogens is 2. The van der Waals surface area contributed by atoms with Gasteiger partial charge in [0.05, 0.1) is 12.1 Å². The van der Waals surface area contributed by atoms with E-state index in [0.717, 1.165) is 79.3 Å². The van der Waals surface area contributed by atoms with Crippen LogP contribution in [0.5, 0.6) is 11.5 Å². The van der Waals surface area contributed by atoms with Gasteiger partial charge in [-0.05, 0) is 99.8 Å². The minimum absolute atomic E-state index is 0.421. The Balaban J connectivity index is 1.27. The Morgan fingerprint density at radius 3 is 2.43 bits per heavy atom. The summed E-state index contributed by atoms with van der Waals surface area (Å²) in [6.45, 7) is 4.44. The van der Waals surface area contributed by atoms with Crippen LogP contribution in [0.3, 0.4) is 0 Å². The molecule has 1 saturated carbocycles. The van der Waals surface area contributed by atoms with Gasteiger partial charge in [0.1, 0.15) is 29.4 Å². The second-order valence-electron chi connectivity index (χ2n) is 10.9. The number of benzene rings is 2. The Bertz CT molecular complexity index is 1100. The summed E-state index contributed by atoms with van der Waals surface area (Å²) >= 11 is 6.05. The third kappa shape index (κ3) is 7.42. The van der Waals surface area contributed by atoms with Gasteiger partial charge in [0, 0.05) is 11.6 Å². The van der Waals surface area contributed by atoms with Gasteiger partial charge < -0.3 is 19.4 Å². The highest BCUT2D eigenvalue weighted by atomic mass is 35.5. The van der Waals surface area contributed by atoms with E-state index in [2.05, 4.69) is 28.1 Å². The van der Waals surface area contributed by atoms with Crippen molar-refractivity contribution in [1.29, 1.82) is 0 Å². The number of imidazole rings is 1. The highest BCUT2D eigenvalue weighted by molar-refractivity contribution is 6.30. The first-order valence-corrected chi connectivity index (χ1v) is 14.8. The van der Waals surface area contributed by atoms with Gasteiger partial charge >= 0.3 is 0 Å². The van der Waals surface area contributed by atoms with Crippen molar-refractivity contribution in [2.75, 3.05) is 19.7 Å². The molecule has 2 heterocycles. The number of fused-ring (bicyclic) bond motifs is 1. The highest BCUT2D eigenvalue weighted by Crippen LogP contribution is 2.30. The molecule has 37 heavy (non-hydrogen) atoms. The summed E-state index contributed by atoms with van der Waals surface area (Å²) in [4.78, 5) is 5.06. The first-order valence-electron chi connectivity index (χ1n) is 14.5. The average Bonchev–Trinajstić information content (AvgIpc) is 3.30. The molecule has 200 valence electrons. The Labute approximate surface area is 226 Å². The standard InChI is InChI=1S/C31H42ClN3O2/c32-26-13-15-27(16-14-26)37-23-30-34-31-28(35(30)21-5-9-25-17-19-33-20-18-25)11-4-12-29(31)36-22-6-10-24-7-2-1-3-8-24/h4,11-16,24-25,33H,1-3,5-10,17-23H2. The molecule has 2 fully saturated rings. The van der Waals surface area contributed by atoms with Crippen molar-refractivity contribution in [2.24, 2.45) is 11.8 Å². The van der Waals surface area contributed by atoms with E-state index in [0.29, 0.717) is 11.6 Å². The largest absolute Gasteiger partial charge is 0.491 e. The fourth-order valence-corrected chi connectivity index (χ4v) is 6.19. The smallest absolute Gasteiger partial charge is 0.148 e. The van der Waals surface area contributed by atoms with E-state index in [1.54, 1.807) is 0 Å². The summed E-state index contributed by atoms with van der Waals surface area (Å²) in [6, 6.07) is 13.9. The number of hydrogen-bond acceptors (Lipinski definition) is 4. The van der Waals surface area contributed by atoms with Gasteiger partial charge in [0.25, 0.3) is 0 Å². The molecule has 6 heteroatoms. The number of aryl methyl sites for hydroxylation is 1. The number of piperidine rings is 1. The molecule has 0 radical (unpaired) electrons. The Morgan fingerprint density at radius 2 is 1.62 bits per heavy atom. The molecule has 0 bridgehead atoms. The molecule has 0 atom stereocenters. The van der Waals surface area contributed by atoms with Crippen molar-refractivity contribution in [3.05, 3.63) is 53.3 Å². The fraction of sp³-hybridized carbons (Fsp3) is 0.581. The third-order valence-electron chi connectivity index (χ3n) is 8.19. The van der Waals surface area contributed by atoms with Crippen LogP contribution < -0.4 is 14.8 Å². The summed E-state index contributed by atoms with van der Waals surface area (Å²) < 4.78 is 14.8. The van der Waals surface area contributed by atoms with Crippen LogP contribution in [-0.4, -0.2) is 29.2 Å². The topological polar surface area (TPSA) is 48.3 Å². The monoisotopic (exact) mass is 523 g/mol. The maximum Gasteiger partial charge on any atom is 0.148 e. The Kier molecular flexibility index (Phi) is 9.64. The molecular formula is C31H42ClN3O2. The second-order valence-corrected chi connectivity index (χ2v) is 11.3. The van der Waals surface area contributed by atoms with Crippen LogP contribution in [0.15, 0.2) is 42.5 Å². The summed E-state index contributed by atoms with van der Waals surface area (Å²) in [5.41, 5.74) is 2.10. The zero-order valence-corrected chi connectivity index (χ0v) is 22.9. The zero-order chi connectivity index (χ0) is 25.3. The van der Waals surface area contributed by atoms with E-state index >= 15 is 0 Å². The van der Waals surface area contributed by atoms with Gasteiger partial charge in [-0.25, -0.2) is 4.98 Å². The van der Waals surface area contributed by atoms with Crippen molar-refractivity contribution in [3.63, 3.8) is 0 Å². The predicted octanol–water partition coefficient (Wildman–Crippen LogP) is 7.79. The van der Waals surface area contributed by atoms with Crippen LogP contribution in [-0.2, 0) is 13.2 Å². The van der Waals surface area contributed by atoms with Crippen molar-refractivity contribution in [2.45, 2.75) is 83.8 Å². The normalized spacial score (nSPS) is 17.3. The van der Waals surface area contributed by atoms with Crippen molar-refractivity contribution in [3.8, 4) is 11.5 Å². The molecule has 2 aliphatic rings. The number of rotatable bonds is 12. The summed E-state index contributed by atoms with van der Waals surface area (Å²) in [6.07, 6.45) is 14.4. The van der Waals surface area contributed by atoms with E-state index < -0.39 is 0 Å². The van der Waals surface area contributed by atoms with E-state index in [4.69, 9.17) is 26.1 Å². The number of nitrogens with one attached hydrogen (secondary N) is 1. The molecule has 1 N–H and O–H groups in total. The zero-order valence-electron chi connectivity index (χ0n) is 22.1. The van der Waals surface area contributed by atoms with Gasteiger partial charge in [0.2, 0.25) is 0 Å². The van der Waals surface area contributed by atoms with Crippen molar-refractivity contribution >= 4 is 22.6 Å². The van der Waals surface area contributed by atoms with E-state index in [1.807, 2.05) is 24.3 Å². The first kappa shape index (κ1) is 26.4. The molecule has 2 aromatic carbocycles. The lowest BCUT2D eigenvalue weighted by atomic mass is 9.86. The van der Waals surface area contributed by atoms with Gasteiger partial charge in [-0.15, -0.1) is 0 Å². The first-order chi connectivity index (χ1) is 18.3. The minimum Gasteiger partial charge on any atom is -0.491 e. The molecule has 5 nitrogen and oxygen atoms in total. The van der Waals surface area contributed by atoms with Gasteiger partial charge in [-0.1, -0.05) is 49.8 Å². The van der Waals surface area contributed by atoms with Crippen molar-refractivity contribution < 1.29 is 9.47 Å². The Hall–Kier alpha value is -2.24. The van der Waals surface area contributed by atoms with Crippen LogP contribution >= 0.6 is 11.6 Å². The van der Waals surface area contributed by atoms with Crippen molar-refractivity contribution in [1.82, 2.24) is 14.9 Å². The quantitative estimate of drug-likeness (QED) is 0.246. The number of halogens is 1. The highest BCUT2D eigenvalue weighted by Gasteiger charge is 2.18. The molecule has 0 unspecified atom stereocenters. The van der Waals surface area contributed by atoms with Crippen LogP contribution in [0.25, 0.3) is 11.0 Å². The lowest BCUT2D eigenvalue weighted by molar-refractivity contribution is 0.270. The van der Waals surface area contributed by atoms with E-state index in [-0.39, 0.29) is 0 Å². The minimum atomic E-state index is 0.421. The lowest BCUT2D eigenvalue weighted by Crippen LogP contribution is -2.27. The number of hydrogen-bond donors (Lipinski definition) is 1. The summed E-state index contributed by atoms with van der Waals surface area (Å²) in [5, 5.41) is 4.19. The molecule has 5 rings (SSSR count). The van der Waals surface area contributed by atoms with Gasteiger partial charge in [0.15, 0.2) is 0 Å². The van der Waals surface area contributed by atoms with Gasteiger partial charge in [-0.2, -0.15) is 0 Å². The molecule has 1 aliphatic carbocycles. The number of nitrogens with zero attached hydrogens (tertiary/aromatic N) is 2. The van der Waals surface area contributed by atoms with E-state index in [9.17, 15) is 0 Å². The van der Waals surface area contributed by atoms with Crippen LogP contribution in [0, 0.1) is 11.8 Å². The summed E-state index contributed by atoms with van der Waals surface area (Å²) in [7, 11) is 0.